The summed E-state index contributed by atoms with van der Waals surface area (Å²) < 4.78 is 20.6. The van der Waals surface area contributed by atoms with E-state index in [2.05, 4.69) is 0 Å². The van der Waals surface area contributed by atoms with Crippen molar-refractivity contribution in [3.8, 4) is 0 Å². The SMILES string of the molecule is CCCCOC(=O)C(=O)C1C(C)CC2C3CC(F)C4=CC(=O)C=C[C@]4(C)C3C(O)C[C@@]21C. The van der Waals surface area contributed by atoms with Gasteiger partial charge in [0, 0.05) is 17.3 Å². The molecule has 0 aromatic rings. The number of rotatable bonds is 5. The van der Waals surface area contributed by atoms with Crippen LogP contribution >= 0.6 is 0 Å². The molecule has 4 aliphatic rings. The van der Waals surface area contributed by atoms with E-state index in [9.17, 15) is 19.5 Å². The van der Waals surface area contributed by atoms with Crippen LogP contribution in [-0.4, -0.2) is 41.5 Å². The first-order valence-corrected chi connectivity index (χ1v) is 12.0. The Bertz CT molecular complexity index is 877. The molecule has 3 saturated carbocycles. The van der Waals surface area contributed by atoms with Gasteiger partial charge in [0.25, 0.3) is 0 Å². The van der Waals surface area contributed by atoms with Crippen LogP contribution in [-0.2, 0) is 19.1 Å². The van der Waals surface area contributed by atoms with Crippen LogP contribution in [0, 0.1) is 40.4 Å². The van der Waals surface area contributed by atoms with Gasteiger partial charge in [-0.1, -0.05) is 40.2 Å². The van der Waals surface area contributed by atoms with Gasteiger partial charge in [-0.2, -0.15) is 0 Å². The summed E-state index contributed by atoms with van der Waals surface area (Å²) in [5.41, 5.74) is -0.847. The van der Waals surface area contributed by atoms with Crippen molar-refractivity contribution in [2.75, 3.05) is 6.61 Å². The number of Topliss-reactive ketones (excluding diaryl/α,β-unsaturated/α-hetero) is 1. The molecule has 1 N–H and O–H groups in total. The van der Waals surface area contributed by atoms with Crippen LogP contribution in [0.4, 0.5) is 4.39 Å². The Balaban J connectivity index is 1.65. The van der Waals surface area contributed by atoms with E-state index in [1.165, 1.54) is 12.2 Å². The maximum atomic E-state index is 15.4. The van der Waals surface area contributed by atoms with Crippen molar-refractivity contribution in [1.82, 2.24) is 0 Å². The maximum absolute atomic E-state index is 15.4. The zero-order chi connectivity index (χ0) is 23.4. The van der Waals surface area contributed by atoms with Crippen molar-refractivity contribution in [2.24, 2.45) is 40.4 Å². The van der Waals surface area contributed by atoms with Crippen molar-refractivity contribution in [3.63, 3.8) is 0 Å². The van der Waals surface area contributed by atoms with Crippen LogP contribution in [0.2, 0.25) is 0 Å². The zero-order valence-electron chi connectivity index (χ0n) is 19.5. The molecule has 0 aliphatic heterocycles. The Morgan fingerprint density at radius 1 is 1.28 bits per heavy atom. The molecule has 6 heteroatoms. The molecule has 0 amide bonds. The van der Waals surface area contributed by atoms with Crippen LogP contribution in [0.15, 0.2) is 23.8 Å². The van der Waals surface area contributed by atoms with Gasteiger partial charge in [0.05, 0.1) is 12.7 Å². The fourth-order valence-corrected chi connectivity index (χ4v) is 7.77. The van der Waals surface area contributed by atoms with Crippen molar-refractivity contribution in [1.29, 1.82) is 0 Å². The summed E-state index contributed by atoms with van der Waals surface area (Å²) in [7, 11) is 0. The van der Waals surface area contributed by atoms with Crippen molar-refractivity contribution >= 4 is 17.5 Å². The molecule has 0 aromatic carbocycles. The summed E-state index contributed by atoms with van der Waals surface area (Å²) >= 11 is 0. The lowest BCUT2D eigenvalue weighted by Crippen LogP contribution is -2.58. The highest BCUT2D eigenvalue weighted by Crippen LogP contribution is 2.67. The lowest BCUT2D eigenvalue weighted by molar-refractivity contribution is -0.162. The van der Waals surface area contributed by atoms with Gasteiger partial charge < -0.3 is 9.84 Å². The summed E-state index contributed by atoms with van der Waals surface area (Å²) in [6, 6.07) is 0. The number of hydrogen-bond acceptors (Lipinski definition) is 5. The quantitative estimate of drug-likeness (QED) is 0.392. The van der Waals surface area contributed by atoms with E-state index in [-0.39, 0.29) is 42.5 Å². The van der Waals surface area contributed by atoms with Gasteiger partial charge >= 0.3 is 5.97 Å². The molecule has 32 heavy (non-hydrogen) atoms. The fraction of sp³-hybridized carbons (Fsp3) is 0.731. The Labute approximate surface area is 189 Å². The number of hydrogen-bond donors (Lipinski definition) is 1. The van der Waals surface area contributed by atoms with Crippen LogP contribution in [0.5, 0.6) is 0 Å². The molecule has 176 valence electrons. The fourth-order valence-electron chi connectivity index (χ4n) is 7.77. The van der Waals surface area contributed by atoms with Gasteiger partial charge in [0.15, 0.2) is 5.78 Å². The average Bonchev–Trinajstić information content (AvgIpc) is 2.98. The van der Waals surface area contributed by atoms with E-state index in [4.69, 9.17) is 4.74 Å². The monoisotopic (exact) mass is 446 g/mol. The third-order valence-electron chi connectivity index (χ3n) is 9.03. The molecule has 9 atom stereocenters. The molecule has 4 rings (SSSR count). The first-order chi connectivity index (χ1) is 15.0. The van der Waals surface area contributed by atoms with Crippen LogP contribution in [0.25, 0.3) is 0 Å². The normalized spacial score (nSPS) is 44.9. The molecule has 0 heterocycles. The second-order valence-electron chi connectivity index (χ2n) is 10.9. The Morgan fingerprint density at radius 2 is 2.00 bits per heavy atom. The Morgan fingerprint density at radius 3 is 2.69 bits per heavy atom. The average molecular weight is 447 g/mol. The number of alkyl halides is 1. The molecule has 5 nitrogen and oxygen atoms in total. The van der Waals surface area contributed by atoms with Gasteiger partial charge in [-0.15, -0.1) is 0 Å². The number of unbranched alkanes of at least 4 members (excludes halogenated alkanes) is 1. The van der Waals surface area contributed by atoms with Gasteiger partial charge in [0.1, 0.15) is 6.17 Å². The third kappa shape index (κ3) is 3.41. The second kappa shape index (κ2) is 8.19. The summed E-state index contributed by atoms with van der Waals surface area (Å²) in [5.74, 6) is -2.42. The van der Waals surface area contributed by atoms with Crippen molar-refractivity contribution in [3.05, 3.63) is 23.8 Å². The van der Waals surface area contributed by atoms with Crippen LogP contribution < -0.4 is 0 Å². The molecule has 0 spiro atoms. The molecule has 0 radical (unpaired) electrons. The van der Waals surface area contributed by atoms with E-state index in [1.54, 1.807) is 6.08 Å². The van der Waals surface area contributed by atoms with Gasteiger partial charge in [-0.05, 0) is 66.6 Å². The number of esters is 1. The number of allylic oxidation sites excluding steroid dienone is 4. The Hall–Kier alpha value is -1.82. The largest absolute Gasteiger partial charge is 0.460 e. The molecule has 7 unspecified atom stereocenters. The number of ether oxygens (including phenoxy) is 1. The van der Waals surface area contributed by atoms with Crippen molar-refractivity contribution in [2.45, 2.75) is 72.1 Å². The highest BCUT2D eigenvalue weighted by atomic mass is 19.1. The second-order valence-corrected chi connectivity index (χ2v) is 10.9. The third-order valence-corrected chi connectivity index (χ3v) is 9.03. The number of fused-ring (bicyclic) bond motifs is 5. The van der Waals surface area contributed by atoms with Gasteiger partial charge in [-0.25, -0.2) is 9.18 Å². The van der Waals surface area contributed by atoms with Crippen LogP contribution in [0.1, 0.15) is 59.8 Å². The van der Waals surface area contributed by atoms with E-state index in [0.29, 0.717) is 24.8 Å². The predicted octanol–water partition coefficient (Wildman–Crippen LogP) is 3.99. The lowest BCUT2D eigenvalue weighted by Gasteiger charge is -2.59. The maximum Gasteiger partial charge on any atom is 0.374 e. The van der Waals surface area contributed by atoms with E-state index in [1.807, 2.05) is 27.7 Å². The topological polar surface area (TPSA) is 80.7 Å². The number of carbonyl (C=O) groups is 3. The molecule has 0 bridgehead atoms. The highest BCUT2D eigenvalue weighted by molar-refractivity contribution is 6.34. The minimum absolute atomic E-state index is 0.0194. The summed E-state index contributed by atoms with van der Waals surface area (Å²) in [4.78, 5) is 37.6. The number of carbonyl (C=O) groups excluding carboxylic acids is 3. The standard InChI is InChI=1S/C26H35FO5/c1-5-6-9-32-24(31)23(30)21-14(2)10-17-16-12-19(27)18-11-15(28)7-8-25(18,3)22(16)20(29)13-26(17,21)4/h7-8,11,14,16-17,19-22,29H,5-6,9-10,12-13H2,1-4H3/t14?,16?,17?,19?,20?,21?,22?,25-,26-/m0/s1. The molecular formula is C26H35FO5. The molecule has 4 aliphatic carbocycles. The minimum atomic E-state index is -1.26. The van der Waals surface area contributed by atoms with E-state index in [0.717, 1.165) is 6.42 Å². The van der Waals surface area contributed by atoms with Gasteiger partial charge in [0.2, 0.25) is 5.78 Å². The number of aliphatic hydroxyl groups is 1. The highest BCUT2D eigenvalue weighted by Gasteiger charge is 2.66. The summed E-state index contributed by atoms with van der Waals surface area (Å²) in [6.45, 7) is 8.11. The summed E-state index contributed by atoms with van der Waals surface area (Å²) in [6.07, 6.45) is 5.56. The molecule has 0 aromatic heterocycles. The van der Waals surface area contributed by atoms with E-state index >= 15 is 4.39 Å². The smallest absolute Gasteiger partial charge is 0.374 e. The summed E-state index contributed by atoms with van der Waals surface area (Å²) in [5, 5.41) is 11.4. The first-order valence-electron chi connectivity index (χ1n) is 12.0. The van der Waals surface area contributed by atoms with Gasteiger partial charge in [-0.3, -0.25) is 9.59 Å². The number of halogens is 1. The predicted molar refractivity (Wildman–Crippen MR) is 117 cm³/mol. The van der Waals surface area contributed by atoms with Crippen molar-refractivity contribution < 1.29 is 28.6 Å². The Kier molecular flexibility index (Phi) is 5.98. The molecule has 3 fully saturated rings. The van der Waals surface area contributed by atoms with E-state index < -0.39 is 40.8 Å². The first kappa shape index (κ1) is 23.3. The zero-order valence-corrected chi connectivity index (χ0v) is 19.5. The van der Waals surface area contributed by atoms with Crippen LogP contribution in [0.3, 0.4) is 0 Å². The molecule has 0 saturated heterocycles. The number of ketones is 2. The lowest BCUT2D eigenvalue weighted by atomic mass is 9.46. The number of aliphatic hydroxyl groups excluding tert-OH is 1. The molecular weight excluding hydrogens is 411 g/mol. The minimum Gasteiger partial charge on any atom is -0.460 e.